The summed E-state index contributed by atoms with van der Waals surface area (Å²) in [6.07, 6.45) is 0.378. The summed E-state index contributed by atoms with van der Waals surface area (Å²) >= 11 is 0. The molecular weight excluding hydrogens is 193 g/mol. The topological polar surface area (TPSA) is 46.2 Å². The van der Waals surface area contributed by atoms with Gasteiger partial charge >= 0.3 is 0 Å². The van der Waals surface area contributed by atoms with Gasteiger partial charge in [0.05, 0.1) is 6.61 Å². The first-order valence-electron chi connectivity index (χ1n) is 3.84. The summed E-state index contributed by atoms with van der Waals surface area (Å²) in [6, 6.07) is 6.07. The molecule has 0 aliphatic carbocycles. The molecule has 0 saturated heterocycles. The fourth-order valence-electron chi connectivity index (χ4n) is 1.01. The number of aliphatic hydroxyl groups excluding tert-OH is 1. The Morgan fingerprint density at radius 3 is 2.54 bits per heavy atom. The Morgan fingerprint density at radius 1 is 1.38 bits per heavy atom. The van der Waals surface area contributed by atoms with Gasteiger partial charge in [0, 0.05) is 6.04 Å². The minimum atomic E-state index is -0.373. The molecule has 0 bridgehead atoms. The lowest BCUT2D eigenvalue weighted by Gasteiger charge is -2.07. The van der Waals surface area contributed by atoms with Crippen LogP contribution in [0.25, 0.3) is 0 Å². The van der Waals surface area contributed by atoms with Crippen LogP contribution in [0.2, 0.25) is 0 Å². The van der Waals surface area contributed by atoms with Crippen molar-refractivity contribution in [3.05, 3.63) is 35.6 Å². The van der Waals surface area contributed by atoms with Gasteiger partial charge in [-0.15, -0.1) is 12.4 Å². The first-order chi connectivity index (χ1) is 5.74. The Labute approximate surface area is 83.0 Å². The van der Waals surface area contributed by atoms with E-state index in [9.17, 15) is 4.39 Å². The van der Waals surface area contributed by atoms with Gasteiger partial charge in [-0.25, -0.2) is 4.39 Å². The molecule has 0 saturated carbocycles. The maximum absolute atomic E-state index is 12.9. The second-order valence-electron chi connectivity index (χ2n) is 2.74. The van der Waals surface area contributed by atoms with E-state index in [0.29, 0.717) is 12.0 Å². The molecule has 4 heteroatoms. The van der Waals surface area contributed by atoms with Crippen LogP contribution in [0.1, 0.15) is 5.56 Å². The zero-order valence-electron chi connectivity index (χ0n) is 7.11. The summed E-state index contributed by atoms with van der Waals surface area (Å²) < 4.78 is 12.9. The molecule has 74 valence electrons. The molecule has 2 nitrogen and oxygen atoms in total. The third-order valence-corrected chi connectivity index (χ3v) is 1.67. The number of benzene rings is 1. The zero-order chi connectivity index (χ0) is 8.97. The molecule has 1 unspecified atom stereocenters. The molecule has 1 aromatic carbocycles. The largest absolute Gasteiger partial charge is 0.395 e. The molecule has 0 heterocycles. The summed E-state index contributed by atoms with van der Waals surface area (Å²) in [4.78, 5) is 0. The Bertz CT molecular complexity index is 257. The third-order valence-electron chi connectivity index (χ3n) is 1.67. The lowest BCUT2D eigenvalue weighted by atomic mass is 10.1. The Hall–Kier alpha value is -0.640. The molecule has 0 fully saturated rings. The predicted molar refractivity (Wildman–Crippen MR) is 52.4 cm³/mol. The van der Waals surface area contributed by atoms with Gasteiger partial charge in [-0.05, 0) is 18.1 Å². The Kier molecular flexibility index (Phi) is 5.62. The van der Waals surface area contributed by atoms with Crippen molar-refractivity contribution in [2.75, 3.05) is 6.61 Å². The molecule has 0 radical (unpaired) electrons. The van der Waals surface area contributed by atoms with Crippen molar-refractivity contribution < 1.29 is 9.50 Å². The highest BCUT2D eigenvalue weighted by molar-refractivity contribution is 5.85. The highest BCUT2D eigenvalue weighted by Gasteiger charge is 2.05. The summed E-state index contributed by atoms with van der Waals surface area (Å²) in [5.41, 5.74) is 6.01. The smallest absolute Gasteiger partial charge is 0.126 e. The molecule has 13 heavy (non-hydrogen) atoms. The van der Waals surface area contributed by atoms with Crippen molar-refractivity contribution in [3.8, 4) is 0 Å². The van der Waals surface area contributed by atoms with Crippen molar-refractivity contribution in [1.29, 1.82) is 0 Å². The minimum absolute atomic E-state index is 0. The number of rotatable bonds is 3. The van der Waals surface area contributed by atoms with Crippen LogP contribution in [0.15, 0.2) is 24.3 Å². The molecule has 1 aromatic rings. The molecule has 3 N–H and O–H groups in total. The van der Waals surface area contributed by atoms with Gasteiger partial charge in [-0.2, -0.15) is 0 Å². The quantitative estimate of drug-likeness (QED) is 0.777. The summed E-state index contributed by atoms with van der Waals surface area (Å²) in [5.74, 6) is -0.263. The van der Waals surface area contributed by atoms with Crippen LogP contribution in [-0.4, -0.2) is 17.8 Å². The van der Waals surface area contributed by atoms with E-state index in [-0.39, 0.29) is 30.9 Å². The van der Waals surface area contributed by atoms with Crippen LogP contribution in [0.4, 0.5) is 4.39 Å². The lowest BCUT2D eigenvalue weighted by Crippen LogP contribution is -2.27. The predicted octanol–water partition coefficient (Wildman–Crippen LogP) is 1.11. The van der Waals surface area contributed by atoms with Crippen molar-refractivity contribution >= 4 is 12.4 Å². The molecule has 0 spiro atoms. The van der Waals surface area contributed by atoms with Crippen molar-refractivity contribution in [1.82, 2.24) is 0 Å². The second-order valence-corrected chi connectivity index (χ2v) is 2.74. The number of hydrogen-bond donors (Lipinski definition) is 2. The molecule has 1 atom stereocenters. The van der Waals surface area contributed by atoms with E-state index < -0.39 is 0 Å². The van der Waals surface area contributed by atoms with Crippen molar-refractivity contribution in [3.63, 3.8) is 0 Å². The fraction of sp³-hybridized carbons (Fsp3) is 0.333. The molecule has 1 rings (SSSR count). The standard InChI is InChI=1S/C9H12FNO.ClH/c10-9-4-2-1-3-7(9)5-8(11)6-12;/h1-4,8,12H,5-6,11H2;1H. The van der Waals surface area contributed by atoms with Gasteiger partial charge in [0.25, 0.3) is 0 Å². The van der Waals surface area contributed by atoms with E-state index in [2.05, 4.69) is 0 Å². The second kappa shape index (κ2) is 5.91. The average Bonchev–Trinajstić information content (AvgIpc) is 2.09. The summed E-state index contributed by atoms with van der Waals surface area (Å²) in [6.45, 7) is -0.117. The monoisotopic (exact) mass is 205 g/mol. The highest BCUT2D eigenvalue weighted by atomic mass is 35.5. The van der Waals surface area contributed by atoms with E-state index in [1.54, 1.807) is 18.2 Å². The highest BCUT2D eigenvalue weighted by Crippen LogP contribution is 2.07. The number of aliphatic hydroxyl groups is 1. The summed E-state index contributed by atoms with van der Waals surface area (Å²) in [5, 5.41) is 8.64. The number of halogens is 2. The van der Waals surface area contributed by atoms with E-state index in [0.717, 1.165) is 0 Å². The van der Waals surface area contributed by atoms with E-state index in [1.165, 1.54) is 6.07 Å². The molecule has 0 amide bonds. The van der Waals surface area contributed by atoms with Crippen LogP contribution >= 0.6 is 12.4 Å². The van der Waals surface area contributed by atoms with Crippen molar-refractivity contribution in [2.24, 2.45) is 5.73 Å². The zero-order valence-corrected chi connectivity index (χ0v) is 7.93. The van der Waals surface area contributed by atoms with Gasteiger partial charge in [-0.1, -0.05) is 18.2 Å². The molecular formula is C9H13ClFNO. The Balaban J connectivity index is 0.00000144. The van der Waals surface area contributed by atoms with Crippen LogP contribution in [0.3, 0.4) is 0 Å². The van der Waals surface area contributed by atoms with Gasteiger partial charge in [0.15, 0.2) is 0 Å². The van der Waals surface area contributed by atoms with E-state index in [1.807, 2.05) is 0 Å². The van der Waals surface area contributed by atoms with Crippen molar-refractivity contribution in [2.45, 2.75) is 12.5 Å². The maximum Gasteiger partial charge on any atom is 0.126 e. The number of hydrogen-bond acceptors (Lipinski definition) is 2. The van der Waals surface area contributed by atoms with Gasteiger partial charge < -0.3 is 10.8 Å². The fourth-order valence-corrected chi connectivity index (χ4v) is 1.01. The lowest BCUT2D eigenvalue weighted by molar-refractivity contribution is 0.264. The van der Waals surface area contributed by atoms with E-state index in [4.69, 9.17) is 10.8 Å². The first kappa shape index (κ1) is 12.4. The maximum atomic E-state index is 12.9. The van der Waals surface area contributed by atoms with Crippen LogP contribution in [0, 0.1) is 5.82 Å². The first-order valence-corrected chi connectivity index (χ1v) is 3.84. The molecule has 0 aromatic heterocycles. The Morgan fingerprint density at radius 2 is 2.00 bits per heavy atom. The van der Waals surface area contributed by atoms with Gasteiger partial charge in [0.2, 0.25) is 0 Å². The van der Waals surface area contributed by atoms with Crippen LogP contribution < -0.4 is 5.73 Å². The van der Waals surface area contributed by atoms with Crippen LogP contribution in [-0.2, 0) is 6.42 Å². The third kappa shape index (κ3) is 3.72. The summed E-state index contributed by atoms with van der Waals surface area (Å²) in [7, 11) is 0. The van der Waals surface area contributed by atoms with E-state index >= 15 is 0 Å². The molecule has 0 aliphatic heterocycles. The average molecular weight is 206 g/mol. The van der Waals surface area contributed by atoms with Crippen LogP contribution in [0.5, 0.6) is 0 Å². The molecule has 0 aliphatic rings. The number of nitrogens with two attached hydrogens (primary N) is 1. The van der Waals surface area contributed by atoms with Gasteiger partial charge in [0.1, 0.15) is 5.82 Å². The SMILES string of the molecule is Cl.NC(CO)Cc1ccccc1F. The normalized spacial score (nSPS) is 11.9. The minimum Gasteiger partial charge on any atom is -0.395 e. The van der Waals surface area contributed by atoms with Gasteiger partial charge in [-0.3, -0.25) is 0 Å².